The molecule has 0 N–H and O–H groups in total. The van der Waals surface area contributed by atoms with Gasteiger partial charge in [-0.15, -0.1) is 0 Å². The van der Waals surface area contributed by atoms with E-state index >= 15 is 0 Å². The van der Waals surface area contributed by atoms with Gasteiger partial charge in [0.1, 0.15) is 0 Å². The minimum absolute atomic E-state index is 0.199. The average Bonchev–Trinajstić information content (AvgIpc) is 2.51. The van der Waals surface area contributed by atoms with Crippen LogP contribution in [0.2, 0.25) is 2.01 Å². The van der Waals surface area contributed by atoms with Gasteiger partial charge in [0.25, 0.3) is 0 Å². The van der Waals surface area contributed by atoms with E-state index in [2.05, 4.69) is 79.5 Å². The second-order valence-corrected chi connectivity index (χ2v) is 14.2. The Hall–Kier alpha value is -0.571. The van der Waals surface area contributed by atoms with E-state index in [-0.39, 0.29) is 41.8 Å². The van der Waals surface area contributed by atoms with Crippen LogP contribution in [-0.4, -0.2) is 46.8 Å². The Bertz CT molecular complexity index is 588. The molecule has 0 aliphatic heterocycles. The molecule has 2 rings (SSSR count). The summed E-state index contributed by atoms with van der Waals surface area (Å²) in [5.74, 6) is 0. The van der Waals surface area contributed by atoms with Crippen molar-refractivity contribution in [2.24, 2.45) is 0 Å². The van der Waals surface area contributed by atoms with Crippen LogP contribution in [0.25, 0.3) is 0 Å². The first-order valence-corrected chi connectivity index (χ1v) is 11.9. The Kier molecular flexibility index (Phi) is 7.55. The summed E-state index contributed by atoms with van der Waals surface area (Å²) >= 11 is -0.463. The molecule has 0 fully saturated rings. The van der Waals surface area contributed by atoms with E-state index in [1.807, 2.05) is 12.3 Å². The molecule has 0 bridgehead atoms. The van der Waals surface area contributed by atoms with E-state index in [0.717, 1.165) is 2.01 Å². The molecule has 0 aliphatic carbocycles. The predicted octanol–water partition coefficient (Wildman–Crippen LogP) is 2.63. The number of hydrogen-bond donors (Lipinski definition) is 0. The number of aryl methyl sites for hydroxylation is 1. The predicted molar refractivity (Wildman–Crippen MR) is 93.9 cm³/mol. The minimum atomic E-state index is -0.264. The van der Waals surface area contributed by atoms with Crippen LogP contribution in [0, 0.1) is 6.92 Å². The fourth-order valence-electron chi connectivity index (χ4n) is 1.66. The molecule has 2 aromatic rings. The standard InChI is InChI=1S/C18H19NTe2/c1-3-4-5-9-18(21-17-8-6-7-14-19-17)20-16-12-10-15(2)11-13-16/h3-14,18H,1-2H3. The molecule has 0 saturated heterocycles. The molecular weight excluding hydrogens is 485 g/mol. The zero-order valence-electron chi connectivity index (χ0n) is 12.3. The number of pyridine rings is 1. The van der Waals surface area contributed by atoms with Gasteiger partial charge in [-0.3, -0.25) is 0 Å². The normalized spacial score (nSPS) is 13.0. The number of rotatable bonds is 6. The topological polar surface area (TPSA) is 12.9 Å². The van der Waals surface area contributed by atoms with Crippen LogP contribution in [0.4, 0.5) is 0 Å². The van der Waals surface area contributed by atoms with Gasteiger partial charge in [-0.2, -0.15) is 0 Å². The summed E-state index contributed by atoms with van der Waals surface area (Å²) in [4.78, 5) is 4.53. The van der Waals surface area contributed by atoms with Crippen LogP contribution in [0.5, 0.6) is 0 Å². The molecule has 3 heteroatoms. The maximum absolute atomic E-state index is 4.53. The molecule has 0 spiro atoms. The molecule has 0 saturated carbocycles. The maximum atomic E-state index is 4.53. The molecule has 108 valence electrons. The second-order valence-electron chi connectivity index (χ2n) is 4.50. The van der Waals surface area contributed by atoms with Crippen LogP contribution >= 0.6 is 0 Å². The van der Waals surface area contributed by atoms with E-state index in [0.29, 0.717) is 0 Å². The van der Waals surface area contributed by atoms with Crippen molar-refractivity contribution in [3.63, 3.8) is 0 Å². The van der Waals surface area contributed by atoms with Crippen LogP contribution < -0.4 is 7.35 Å². The molecule has 1 unspecified atom stereocenters. The number of benzene rings is 1. The number of hydrogen-bond acceptors (Lipinski definition) is 1. The van der Waals surface area contributed by atoms with Crippen molar-refractivity contribution in [2.75, 3.05) is 0 Å². The Labute approximate surface area is 147 Å². The van der Waals surface area contributed by atoms with Crippen molar-refractivity contribution in [3.05, 3.63) is 78.5 Å². The van der Waals surface area contributed by atoms with Gasteiger partial charge >= 0.3 is 149 Å². The third-order valence-electron chi connectivity index (χ3n) is 2.72. The average molecular weight is 505 g/mol. The van der Waals surface area contributed by atoms with E-state index in [4.69, 9.17) is 0 Å². The quantitative estimate of drug-likeness (QED) is 0.436. The Morgan fingerprint density at radius 2 is 1.81 bits per heavy atom. The first-order chi connectivity index (χ1) is 10.3. The van der Waals surface area contributed by atoms with Crippen LogP contribution in [0.1, 0.15) is 12.5 Å². The van der Waals surface area contributed by atoms with Crippen molar-refractivity contribution in [2.45, 2.75) is 15.9 Å². The third-order valence-corrected chi connectivity index (χ3v) is 11.6. The summed E-state index contributed by atoms with van der Waals surface area (Å²) < 4.78 is 3.59. The van der Waals surface area contributed by atoms with Crippen LogP contribution in [-0.2, 0) is 0 Å². The zero-order chi connectivity index (χ0) is 14.9. The second kappa shape index (κ2) is 9.45. The molecule has 1 aromatic heterocycles. The molecule has 21 heavy (non-hydrogen) atoms. The first-order valence-electron chi connectivity index (χ1n) is 6.88. The first kappa shape index (κ1) is 16.8. The monoisotopic (exact) mass is 509 g/mol. The van der Waals surface area contributed by atoms with Crippen molar-refractivity contribution in [1.82, 2.24) is 4.98 Å². The molecule has 1 atom stereocenters. The van der Waals surface area contributed by atoms with Gasteiger partial charge in [-0.1, -0.05) is 0 Å². The van der Waals surface area contributed by atoms with Gasteiger partial charge in [0.2, 0.25) is 0 Å². The van der Waals surface area contributed by atoms with Crippen LogP contribution in [0.15, 0.2) is 73.0 Å². The van der Waals surface area contributed by atoms with Crippen LogP contribution in [0.3, 0.4) is 0 Å². The number of allylic oxidation sites excluding steroid dienone is 4. The van der Waals surface area contributed by atoms with Crippen molar-refractivity contribution < 1.29 is 0 Å². The Morgan fingerprint density at radius 1 is 1.00 bits per heavy atom. The van der Waals surface area contributed by atoms with Gasteiger partial charge in [0.05, 0.1) is 0 Å². The molecule has 1 nitrogen and oxygen atoms in total. The molecule has 0 amide bonds. The van der Waals surface area contributed by atoms with Gasteiger partial charge in [-0.05, 0) is 0 Å². The fraction of sp³-hybridized carbons (Fsp3) is 0.167. The number of aromatic nitrogens is 1. The van der Waals surface area contributed by atoms with Gasteiger partial charge in [0, 0.05) is 0 Å². The van der Waals surface area contributed by atoms with E-state index in [9.17, 15) is 0 Å². The fourth-order valence-corrected chi connectivity index (χ4v) is 10.8. The number of nitrogens with zero attached hydrogens (tertiary/aromatic N) is 1. The van der Waals surface area contributed by atoms with E-state index < -0.39 is 0 Å². The summed E-state index contributed by atoms with van der Waals surface area (Å²) in [5.41, 5.74) is 1.34. The van der Waals surface area contributed by atoms with Crippen molar-refractivity contribution in [1.29, 1.82) is 0 Å². The Morgan fingerprint density at radius 3 is 2.48 bits per heavy atom. The SMILES string of the molecule is CC=CC=CC([Te]c1ccc(C)cc1)[Te]c1ccccn1. The van der Waals surface area contributed by atoms with Gasteiger partial charge < -0.3 is 0 Å². The molecule has 0 radical (unpaired) electrons. The van der Waals surface area contributed by atoms with Crippen molar-refractivity contribution >= 4 is 49.2 Å². The summed E-state index contributed by atoms with van der Waals surface area (Å²) in [6, 6.07) is 15.4. The zero-order valence-corrected chi connectivity index (χ0v) is 16.9. The molecular formula is C18H19NTe2. The van der Waals surface area contributed by atoms with E-state index in [1.54, 1.807) is 3.61 Å². The third kappa shape index (κ3) is 6.37. The summed E-state index contributed by atoms with van der Waals surface area (Å²) in [6.45, 7) is 4.21. The summed E-state index contributed by atoms with van der Waals surface area (Å²) in [5, 5.41) is 0. The Balaban J connectivity index is 2.09. The van der Waals surface area contributed by atoms with Gasteiger partial charge in [-0.25, -0.2) is 0 Å². The van der Waals surface area contributed by atoms with E-state index in [1.165, 1.54) is 9.31 Å². The van der Waals surface area contributed by atoms with Gasteiger partial charge in [0.15, 0.2) is 0 Å². The van der Waals surface area contributed by atoms with Crippen molar-refractivity contribution in [3.8, 4) is 0 Å². The molecule has 1 heterocycles. The molecule has 0 aliphatic rings. The summed E-state index contributed by atoms with van der Waals surface area (Å²) in [6.07, 6.45) is 10.7. The molecule has 1 aromatic carbocycles. The summed E-state index contributed by atoms with van der Waals surface area (Å²) in [7, 11) is 0.